The molecule has 1 rings (SSSR count). The SMILES string of the molecule is NCCCC([SiH3])CCOCC1CO1. The van der Waals surface area contributed by atoms with Crippen LogP contribution in [0, 0.1) is 0 Å². The molecular formula is C9H21NO2Si. The summed E-state index contributed by atoms with van der Waals surface area (Å²) in [4.78, 5) is 0. The van der Waals surface area contributed by atoms with Crippen LogP contribution in [0.3, 0.4) is 0 Å². The van der Waals surface area contributed by atoms with Gasteiger partial charge in [0.05, 0.1) is 13.2 Å². The van der Waals surface area contributed by atoms with Crippen LogP contribution in [0.4, 0.5) is 0 Å². The van der Waals surface area contributed by atoms with E-state index in [0.717, 1.165) is 31.9 Å². The largest absolute Gasteiger partial charge is 0.379 e. The maximum Gasteiger partial charge on any atom is 0.104 e. The lowest BCUT2D eigenvalue weighted by Gasteiger charge is -2.09. The van der Waals surface area contributed by atoms with Gasteiger partial charge in [0.25, 0.3) is 0 Å². The fourth-order valence-electron chi connectivity index (χ4n) is 1.27. The Bertz CT molecular complexity index is 131. The first kappa shape index (κ1) is 11.2. The summed E-state index contributed by atoms with van der Waals surface area (Å²) < 4.78 is 10.5. The second kappa shape index (κ2) is 6.54. The molecule has 1 fully saturated rings. The average Bonchev–Trinajstić information content (AvgIpc) is 2.92. The van der Waals surface area contributed by atoms with Gasteiger partial charge in [0, 0.05) is 16.8 Å². The lowest BCUT2D eigenvalue weighted by Crippen LogP contribution is -2.07. The fourth-order valence-corrected chi connectivity index (χ4v) is 1.92. The number of hydrogen-bond donors (Lipinski definition) is 1. The van der Waals surface area contributed by atoms with Crippen LogP contribution in [0.5, 0.6) is 0 Å². The molecule has 0 radical (unpaired) electrons. The average molecular weight is 203 g/mol. The molecule has 0 saturated carbocycles. The second-order valence-electron chi connectivity index (χ2n) is 3.86. The molecule has 0 aliphatic carbocycles. The molecule has 0 amide bonds. The molecule has 1 aliphatic rings. The third kappa shape index (κ3) is 6.21. The molecule has 2 N–H and O–H groups in total. The summed E-state index contributed by atoms with van der Waals surface area (Å²) in [6.45, 7) is 3.43. The van der Waals surface area contributed by atoms with E-state index in [4.69, 9.17) is 15.2 Å². The van der Waals surface area contributed by atoms with Crippen molar-refractivity contribution in [1.82, 2.24) is 0 Å². The Hall–Kier alpha value is 0.0969. The Morgan fingerprint density at radius 2 is 2.31 bits per heavy atom. The van der Waals surface area contributed by atoms with Crippen molar-refractivity contribution in [2.24, 2.45) is 5.73 Å². The Morgan fingerprint density at radius 1 is 1.54 bits per heavy atom. The van der Waals surface area contributed by atoms with E-state index in [0.29, 0.717) is 6.10 Å². The van der Waals surface area contributed by atoms with Gasteiger partial charge in [-0.1, -0.05) is 12.0 Å². The molecule has 13 heavy (non-hydrogen) atoms. The predicted octanol–water partition coefficient (Wildman–Crippen LogP) is -0.315. The first-order valence-electron chi connectivity index (χ1n) is 5.22. The minimum absolute atomic E-state index is 0.414. The van der Waals surface area contributed by atoms with Crippen molar-refractivity contribution in [3.05, 3.63) is 0 Å². The predicted molar refractivity (Wildman–Crippen MR) is 57.2 cm³/mol. The summed E-state index contributed by atoms with van der Waals surface area (Å²) in [6, 6.07) is 0. The third-order valence-corrected chi connectivity index (χ3v) is 3.52. The molecule has 1 heterocycles. The molecule has 78 valence electrons. The second-order valence-corrected chi connectivity index (χ2v) is 5.49. The summed E-state index contributed by atoms with van der Waals surface area (Å²) >= 11 is 0. The first-order valence-corrected chi connectivity index (χ1v) is 6.38. The van der Waals surface area contributed by atoms with Crippen molar-refractivity contribution in [2.45, 2.75) is 30.9 Å². The maximum atomic E-state index is 5.47. The zero-order valence-electron chi connectivity index (χ0n) is 8.50. The number of hydrogen-bond acceptors (Lipinski definition) is 3. The quantitative estimate of drug-likeness (QED) is 0.334. The Balaban J connectivity index is 1.79. The normalized spacial score (nSPS) is 23.3. The minimum atomic E-state index is 0.414. The Kier molecular flexibility index (Phi) is 5.62. The lowest BCUT2D eigenvalue weighted by atomic mass is 10.2. The van der Waals surface area contributed by atoms with E-state index in [1.165, 1.54) is 29.5 Å². The van der Waals surface area contributed by atoms with Gasteiger partial charge in [0.2, 0.25) is 0 Å². The highest BCUT2D eigenvalue weighted by Gasteiger charge is 2.22. The molecular weight excluding hydrogens is 182 g/mol. The zero-order chi connectivity index (χ0) is 9.52. The molecule has 0 aromatic rings. The van der Waals surface area contributed by atoms with E-state index in [9.17, 15) is 0 Å². The van der Waals surface area contributed by atoms with Crippen LogP contribution in [0.25, 0.3) is 0 Å². The molecule has 2 atom stereocenters. The van der Waals surface area contributed by atoms with E-state index >= 15 is 0 Å². The number of nitrogens with two attached hydrogens (primary N) is 1. The third-order valence-electron chi connectivity index (χ3n) is 2.36. The van der Waals surface area contributed by atoms with Crippen LogP contribution in [0.2, 0.25) is 5.54 Å². The molecule has 4 heteroatoms. The van der Waals surface area contributed by atoms with Crippen molar-refractivity contribution < 1.29 is 9.47 Å². The molecule has 0 bridgehead atoms. The Labute approximate surface area is 83.4 Å². The summed E-state index contributed by atoms with van der Waals surface area (Å²) in [7, 11) is 1.27. The lowest BCUT2D eigenvalue weighted by molar-refractivity contribution is 0.113. The molecule has 1 saturated heterocycles. The van der Waals surface area contributed by atoms with Gasteiger partial charge in [0.1, 0.15) is 6.10 Å². The summed E-state index contributed by atoms with van der Waals surface area (Å²) in [5, 5.41) is 0. The van der Waals surface area contributed by atoms with Crippen LogP contribution in [0.1, 0.15) is 19.3 Å². The van der Waals surface area contributed by atoms with E-state index in [-0.39, 0.29) is 0 Å². The number of epoxide rings is 1. The zero-order valence-corrected chi connectivity index (χ0v) is 10.5. The van der Waals surface area contributed by atoms with Gasteiger partial charge in [-0.3, -0.25) is 0 Å². The van der Waals surface area contributed by atoms with Crippen molar-refractivity contribution >= 4 is 10.2 Å². The Morgan fingerprint density at radius 3 is 2.92 bits per heavy atom. The molecule has 0 aromatic heterocycles. The van der Waals surface area contributed by atoms with Gasteiger partial charge in [-0.05, 0) is 19.4 Å². The van der Waals surface area contributed by atoms with Crippen LogP contribution in [-0.2, 0) is 9.47 Å². The molecule has 3 nitrogen and oxygen atoms in total. The van der Waals surface area contributed by atoms with Crippen LogP contribution < -0.4 is 5.73 Å². The standard InChI is InChI=1S/C9H21NO2Si/c10-4-1-2-9(13)3-5-11-6-8-7-12-8/h8-9H,1-7,10H2,13H3. The van der Waals surface area contributed by atoms with Crippen LogP contribution in [-0.4, -0.2) is 42.7 Å². The van der Waals surface area contributed by atoms with E-state index < -0.39 is 0 Å². The first-order chi connectivity index (χ1) is 6.33. The van der Waals surface area contributed by atoms with Gasteiger partial charge in [-0.25, -0.2) is 0 Å². The van der Waals surface area contributed by atoms with Crippen molar-refractivity contribution in [2.75, 3.05) is 26.4 Å². The number of rotatable bonds is 8. The van der Waals surface area contributed by atoms with Gasteiger partial charge < -0.3 is 15.2 Å². The highest BCUT2D eigenvalue weighted by molar-refractivity contribution is 6.11. The molecule has 0 aromatic carbocycles. The minimum Gasteiger partial charge on any atom is -0.379 e. The topological polar surface area (TPSA) is 47.8 Å². The van der Waals surface area contributed by atoms with Gasteiger partial charge in [0.15, 0.2) is 0 Å². The highest BCUT2D eigenvalue weighted by Crippen LogP contribution is 2.14. The molecule has 1 aliphatic heterocycles. The molecule has 2 unspecified atom stereocenters. The van der Waals surface area contributed by atoms with Gasteiger partial charge in [-0.15, -0.1) is 0 Å². The fraction of sp³-hybridized carbons (Fsp3) is 1.00. The molecule has 0 spiro atoms. The van der Waals surface area contributed by atoms with Crippen molar-refractivity contribution in [1.29, 1.82) is 0 Å². The monoisotopic (exact) mass is 203 g/mol. The van der Waals surface area contributed by atoms with Gasteiger partial charge in [-0.2, -0.15) is 0 Å². The highest BCUT2D eigenvalue weighted by atomic mass is 28.1. The van der Waals surface area contributed by atoms with E-state index in [2.05, 4.69) is 0 Å². The summed E-state index contributed by atoms with van der Waals surface area (Å²) in [5.74, 6) is 0. The van der Waals surface area contributed by atoms with E-state index in [1.54, 1.807) is 0 Å². The van der Waals surface area contributed by atoms with Gasteiger partial charge >= 0.3 is 0 Å². The van der Waals surface area contributed by atoms with E-state index in [1.807, 2.05) is 0 Å². The summed E-state index contributed by atoms with van der Waals surface area (Å²) in [6.07, 6.45) is 4.07. The van der Waals surface area contributed by atoms with Crippen LogP contribution in [0.15, 0.2) is 0 Å². The van der Waals surface area contributed by atoms with Crippen LogP contribution >= 0.6 is 0 Å². The smallest absolute Gasteiger partial charge is 0.104 e. The number of ether oxygens (including phenoxy) is 2. The summed E-state index contributed by atoms with van der Waals surface area (Å²) in [5.41, 5.74) is 6.33. The maximum absolute atomic E-state index is 5.47. The van der Waals surface area contributed by atoms with Crippen molar-refractivity contribution in [3.63, 3.8) is 0 Å². The van der Waals surface area contributed by atoms with Crippen molar-refractivity contribution in [3.8, 4) is 0 Å².